The second kappa shape index (κ2) is 10.3. The second-order valence-corrected chi connectivity index (χ2v) is 8.24. The Morgan fingerprint density at radius 3 is 2.34 bits per heavy atom. The van der Waals surface area contributed by atoms with E-state index in [1.54, 1.807) is 24.3 Å². The standard InChI is InChI=1S/C20H27N3O5S/c1-4-22(5-2)13-14-28-18-11-9-17(10-12-18)15-21-29(26,27)20-8-6-7-19(16(20)3)23(24)25/h6-12,21H,4-5,13-15H2,1-3H3. The number of benzene rings is 2. The van der Waals surface area contributed by atoms with Crippen molar-refractivity contribution in [2.24, 2.45) is 0 Å². The molecule has 2 rings (SSSR count). The van der Waals surface area contributed by atoms with E-state index in [0.717, 1.165) is 30.9 Å². The third-order valence-corrected chi connectivity index (χ3v) is 6.25. The molecule has 158 valence electrons. The Hall–Kier alpha value is -2.49. The Morgan fingerprint density at radius 1 is 1.10 bits per heavy atom. The number of nitrogens with one attached hydrogen (secondary N) is 1. The number of rotatable bonds is 11. The van der Waals surface area contributed by atoms with Crippen LogP contribution in [0.2, 0.25) is 0 Å². The number of nitrogens with zero attached hydrogens (tertiary/aromatic N) is 2. The van der Waals surface area contributed by atoms with Gasteiger partial charge in [0, 0.05) is 24.7 Å². The minimum Gasteiger partial charge on any atom is -0.492 e. The Labute approximate surface area is 171 Å². The van der Waals surface area contributed by atoms with Crippen LogP contribution < -0.4 is 9.46 Å². The first-order chi connectivity index (χ1) is 13.8. The molecule has 9 heteroatoms. The number of ether oxygens (including phenoxy) is 1. The zero-order chi connectivity index (χ0) is 21.4. The molecule has 29 heavy (non-hydrogen) atoms. The molecule has 8 nitrogen and oxygen atoms in total. The third-order valence-electron chi connectivity index (χ3n) is 4.70. The summed E-state index contributed by atoms with van der Waals surface area (Å²) in [6.07, 6.45) is 0. The zero-order valence-electron chi connectivity index (χ0n) is 16.9. The number of likely N-dealkylation sites (N-methyl/N-ethyl adjacent to an activating group) is 1. The molecule has 0 radical (unpaired) electrons. The van der Waals surface area contributed by atoms with Gasteiger partial charge in [0.1, 0.15) is 12.4 Å². The lowest BCUT2D eigenvalue weighted by atomic mass is 10.2. The predicted molar refractivity (Wildman–Crippen MR) is 112 cm³/mol. The lowest BCUT2D eigenvalue weighted by Crippen LogP contribution is -2.27. The molecule has 0 aliphatic rings. The van der Waals surface area contributed by atoms with E-state index in [1.165, 1.54) is 25.1 Å². The molecule has 0 spiro atoms. The number of sulfonamides is 1. The van der Waals surface area contributed by atoms with E-state index in [-0.39, 0.29) is 22.7 Å². The first-order valence-corrected chi connectivity index (χ1v) is 10.9. The maximum absolute atomic E-state index is 12.6. The van der Waals surface area contributed by atoms with Gasteiger partial charge >= 0.3 is 0 Å². The molecule has 0 saturated carbocycles. The van der Waals surface area contributed by atoms with Gasteiger partial charge in [-0.15, -0.1) is 0 Å². The van der Waals surface area contributed by atoms with Gasteiger partial charge in [-0.3, -0.25) is 10.1 Å². The smallest absolute Gasteiger partial charge is 0.273 e. The molecule has 1 N–H and O–H groups in total. The number of nitro groups is 1. The molecule has 0 bridgehead atoms. The van der Waals surface area contributed by atoms with Crippen LogP contribution in [0.4, 0.5) is 5.69 Å². The van der Waals surface area contributed by atoms with Crippen molar-refractivity contribution in [3.63, 3.8) is 0 Å². The van der Waals surface area contributed by atoms with E-state index < -0.39 is 14.9 Å². The fraction of sp³-hybridized carbons (Fsp3) is 0.400. The van der Waals surface area contributed by atoms with Crippen molar-refractivity contribution in [2.45, 2.75) is 32.2 Å². The zero-order valence-corrected chi connectivity index (χ0v) is 17.7. The topological polar surface area (TPSA) is 102 Å². The van der Waals surface area contributed by atoms with E-state index >= 15 is 0 Å². The number of hydrogen-bond donors (Lipinski definition) is 1. The summed E-state index contributed by atoms with van der Waals surface area (Å²) in [6, 6.07) is 11.2. The molecule has 0 fully saturated rings. The van der Waals surface area contributed by atoms with Crippen molar-refractivity contribution in [3.8, 4) is 5.75 Å². The van der Waals surface area contributed by atoms with Crippen LogP contribution in [-0.4, -0.2) is 44.5 Å². The van der Waals surface area contributed by atoms with Crippen molar-refractivity contribution >= 4 is 15.7 Å². The third kappa shape index (κ3) is 6.25. The van der Waals surface area contributed by atoms with Crippen LogP contribution in [0.25, 0.3) is 0 Å². The van der Waals surface area contributed by atoms with Gasteiger partial charge in [0.15, 0.2) is 0 Å². The molecule has 0 aromatic heterocycles. The summed E-state index contributed by atoms with van der Waals surface area (Å²) in [5, 5.41) is 11.0. The highest BCUT2D eigenvalue weighted by atomic mass is 32.2. The quantitative estimate of drug-likeness (QED) is 0.442. The van der Waals surface area contributed by atoms with Gasteiger partial charge in [0.25, 0.3) is 5.69 Å². The molecule has 0 aliphatic carbocycles. The minimum absolute atomic E-state index is 0.0736. The Bertz CT molecular complexity index is 926. The molecule has 2 aromatic carbocycles. The molecule has 2 aromatic rings. The van der Waals surface area contributed by atoms with Crippen LogP contribution >= 0.6 is 0 Å². The van der Waals surface area contributed by atoms with Crippen LogP contribution in [0, 0.1) is 17.0 Å². The SMILES string of the molecule is CCN(CC)CCOc1ccc(CNS(=O)(=O)c2cccc([N+](=O)[O-])c2C)cc1. The van der Waals surface area contributed by atoms with Gasteiger partial charge in [-0.25, -0.2) is 13.1 Å². The molecule has 0 saturated heterocycles. The second-order valence-electron chi connectivity index (χ2n) is 6.50. The van der Waals surface area contributed by atoms with Crippen molar-refractivity contribution in [2.75, 3.05) is 26.2 Å². The summed E-state index contributed by atoms with van der Waals surface area (Å²) in [6.45, 7) is 9.09. The van der Waals surface area contributed by atoms with Crippen LogP contribution in [0.5, 0.6) is 5.75 Å². The summed E-state index contributed by atoms with van der Waals surface area (Å²) in [4.78, 5) is 12.6. The van der Waals surface area contributed by atoms with E-state index in [2.05, 4.69) is 23.5 Å². The fourth-order valence-electron chi connectivity index (χ4n) is 2.88. The van der Waals surface area contributed by atoms with Gasteiger partial charge in [0.2, 0.25) is 10.0 Å². The monoisotopic (exact) mass is 421 g/mol. The van der Waals surface area contributed by atoms with Crippen molar-refractivity contribution in [1.29, 1.82) is 0 Å². The molecule has 0 aliphatic heterocycles. The molecule has 0 unspecified atom stereocenters. The first-order valence-electron chi connectivity index (χ1n) is 9.46. The van der Waals surface area contributed by atoms with Crippen molar-refractivity contribution in [1.82, 2.24) is 9.62 Å². The Balaban J connectivity index is 1.97. The Kier molecular flexibility index (Phi) is 8.12. The van der Waals surface area contributed by atoms with Crippen molar-refractivity contribution < 1.29 is 18.1 Å². The van der Waals surface area contributed by atoms with Gasteiger partial charge in [0.05, 0.1) is 9.82 Å². The molecule has 0 heterocycles. The van der Waals surface area contributed by atoms with Gasteiger partial charge in [-0.2, -0.15) is 0 Å². The highest BCUT2D eigenvalue weighted by molar-refractivity contribution is 7.89. The summed E-state index contributed by atoms with van der Waals surface area (Å²) in [5.41, 5.74) is 0.647. The molecular weight excluding hydrogens is 394 g/mol. The summed E-state index contributed by atoms with van der Waals surface area (Å²) < 4.78 is 33.3. The largest absolute Gasteiger partial charge is 0.492 e. The van der Waals surface area contributed by atoms with E-state index in [9.17, 15) is 18.5 Å². The first kappa shape index (κ1) is 22.8. The lowest BCUT2D eigenvalue weighted by Gasteiger charge is -2.18. The van der Waals surface area contributed by atoms with Gasteiger partial charge in [-0.05, 0) is 43.8 Å². The molecular formula is C20H27N3O5S. The van der Waals surface area contributed by atoms with Crippen LogP contribution in [0.15, 0.2) is 47.4 Å². The predicted octanol–water partition coefficient (Wildman–Crippen LogP) is 3.10. The van der Waals surface area contributed by atoms with Gasteiger partial charge in [-0.1, -0.05) is 32.0 Å². The number of hydrogen-bond acceptors (Lipinski definition) is 6. The minimum atomic E-state index is -3.88. The van der Waals surface area contributed by atoms with Crippen LogP contribution in [0.3, 0.4) is 0 Å². The van der Waals surface area contributed by atoms with Crippen LogP contribution in [-0.2, 0) is 16.6 Å². The highest BCUT2D eigenvalue weighted by Crippen LogP contribution is 2.24. The normalized spacial score (nSPS) is 11.6. The number of nitro benzene ring substituents is 1. The maximum Gasteiger partial charge on any atom is 0.273 e. The van der Waals surface area contributed by atoms with E-state index in [0.29, 0.717) is 6.61 Å². The lowest BCUT2D eigenvalue weighted by molar-refractivity contribution is -0.385. The summed E-state index contributed by atoms with van der Waals surface area (Å²) >= 11 is 0. The summed E-state index contributed by atoms with van der Waals surface area (Å²) in [5.74, 6) is 0.721. The van der Waals surface area contributed by atoms with Crippen LogP contribution in [0.1, 0.15) is 25.0 Å². The molecule has 0 amide bonds. The average molecular weight is 422 g/mol. The van der Waals surface area contributed by atoms with Gasteiger partial charge < -0.3 is 9.64 Å². The maximum atomic E-state index is 12.6. The Morgan fingerprint density at radius 2 is 1.76 bits per heavy atom. The average Bonchev–Trinajstić information content (AvgIpc) is 2.70. The fourth-order valence-corrected chi connectivity index (χ4v) is 4.16. The molecule has 0 atom stereocenters. The highest BCUT2D eigenvalue weighted by Gasteiger charge is 2.22. The van der Waals surface area contributed by atoms with E-state index in [1.807, 2.05) is 0 Å². The summed E-state index contributed by atoms with van der Waals surface area (Å²) in [7, 11) is -3.88. The van der Waals surface area contributed by atoms with E-state index in [4.69, 9.17) is 4.74 Å². The van der Waals surface area contributed by atoms with Crippen molar-refractivity contribution in [3.05, 3.63) is 63.7 Å².